The van der Waals surface area contributed by atoms with Crippen molar-refractivity contribution in [3.63, 3.8) is 0 Å². The fourth-order valence-electron chi connectivity index (χ4n) is 4.22. The third-order valence-corrected chi connectivity index (χ3v) is 6.21. The van der Waals surface area contributed by atoms with Crippen molar-refractivity contribution in [2.24, 2.45) is 0 Å². The van der Waals surface area contributed by atoms with Crippen molar-refractivity contribution in [3.05, 3.63) is 58.7 Å². The van der Waals surface area contributed by atoms with Gasteiger partial charge in [-0.15, -0.1) is 0 Å². The van der Waals surface area contributed by atoms with E-state index in [1.807, 2.05) is 0 Å². The van der Waals surface area contributed by atoms with Gasteiger partial charge in [0.25, 0.3) is 5.91 Å². The van der Waals surface area contributed by atoms with Crippen LogP contribution < -0.4 is 10.2 Å². The molecule has 4 rings (SSSR count). The highest BCUT2D eigenvalue weighted by atomic mass is 35.5. The maximum atomic E-state index is 13.0. The van der Waals surface area contributed by atoms with Crippen LogP contribution in [0, 0.1) is 0 Å². The number of pyridine rings is 1. The summed E-state index contributed by atoms with van der Waals surface area (Å²) in [5.41, 5.74) is -0.352. The number of hydrogen-bond donors (Lipinski definition) is 2. The van der Waals surface area contributed by atoms with E-state index >= 15 is 0 Å². The minimum Gasteiger partial charge on any atom is -0.390 e. The first-order valence-electron chi connectivity index (χ1n) is 10.5. The molecule has 2 fully saturated rings. The molecule has 2 aromatic rings. The van der Waals surface area contributed by atoms with E-state index in [2.05, 4.69) is 10.3 Å². The van der Waals surface area contributed by atoms with Gasteiger partial charge in [-0.2, -0.15) is 13.2 Å². The second kappa shape index (κ2) is 9.25. The number of anilines is 1. The van der Waals surface area contributed by atoms with Gasteiger partial charge in [-0.1, -0.05) is 17.7 Å². The molecule has 0 aliphatic carbocycles. The molecule has 32 heavy (non-hydrogen) atoms. The monoisotopic (exact) mass is 468 g/mol. The van der Waals surface area contributed by atoms with E-state index in [1.165, 1.54) is 12.1 Å². The number of amides is 1. The summed E-state index contributed by atoms with van der Waals surface area (Å²) in [6.45, 7) is 1.74. The molecule has 0 saturated carbocycles. The van der Waals surface area contributed by atoms with Gasteiger partial charge in [0.2, 0.25) is 0 Å². The van der Waals surface area contributed by atoms with E-state index in [4.69, 9.17) is 11.6 Å². The molecule has 172 valence electrons. The maximum absolute atomic E-state index is 13.0. The number of carbonyl (C=O) groups is 1. The molecule has 2 aliphatic rings. The summed E-state index contributed by atoms with van der Waals surface area (Å²) >= 11 is 5.88. The van der Waals surface area contributed by atoms with Crippen molar-refractivity contribution in [1.29, 1.82) is 0 Å². The van der Waals surface area contributed by atoms with Gasteiger partial charge in [0, 0.05) is 42.8 Å². The van der Waals surface area contributed by atoms with E-state index in [0.29, 0.717) is 30.2 Å². The van der Waals surface area contributed by atoms with Crippen LogP contribution in [0.3, 0.4) is 0 Å². The van der Waals surface area contributed by atoms with Crippen LogP contribution in [0.1, 0.15) is 28.9 Å². The molecule has 0 unspecified atom stereocenters. The Morgan fingerprint density at radius 2 is 1.78 bits per heavy atom. The Bertz CT molecular complexity index is 949. The zero-order valence-corrected chi connectivity index (χ0v) is 18.0. The molecule has 3 heterocycles. The van der Waals surface area contributed by atoms with Crippen LogP contribution in [0.25, 0.3) is 0 Å². The summed E-state index contributed by atoms with van der Waals surface area (Å²) in [5.74, 6) is 0.161. The Labute approximate surface area is 189 Å². The molecule has 1 aromatic carbocycles. The summed E-state index contributed by atoms with van der Waals surface area (Å²) < 4.78 is 38.9. The Balaban J connectivity index is 1.31. The first-order chi connectivity index (χ1) is 15.2. The van der Waals surface area contributed by atoms with Gasteiger partial charge in [-0.3, -0.25) is 4.79 Å². The van der Waals surface area contributed by atoms with Crippen molar-refractivity contribution in [1.82, 2.24) is 15.2 Å². The summed E-state index contributed by atoms with van der Waals surface area (Å²) in [5, 5.41) is 14.5. The predicted molar refractivity (Wildman–Crippen MR) is 115 cm³/mol. The molecule has 10 heteroatoms. The van der Waals surface area contributed by atoms with Crippen molar-refractivity contribution >= 4 is 23.3 Å². The SMILES string of the molecule is O=C(c1ccc(Cl)cc1)N1CCC(N[C@H]2CN(c3cccc(C(F)(F)F)n3)C[C@@H]2O)CC1. The highest BCUT2D eigenvalue weighted by molar-refractivity contribution is 6.30. The van der Waals surface area contributed by atoms with Crippen molar-refractivity contribution in [2.75, 3.05) is 31.1 Å². The average molecular weight is 469 g/mol. The van der Waals surface area contributed by atoms with Crippen molar-refractivity contribution in [2.45, 2.75) is 37.2 Å². The molecule has 2 N–H and O–H groups in total. The fraction of sp³-hybridized carbons (Fsp3) is 0.455. The van der Waals surface area contributed by atoms with Crippen molar-refractivity contribution in [3.8, 4) is 0 Å². The predicted octanol–water partition coefficient (Wildman–Crippen LogP) is 3.20. The number of alkyl halides is 3. The van der Waals surface area contributed by atoms with E-state index < -0.39 is 18.0 Å². The quantitative estimate of drug-likeness (QED) is 0.721. The normalized spacial score (nSPS) is 22.4. The average Bonchev–Trinajstić information content (AvgIpc) is 3.14. The van der Waals surface area contributed by atoms with Gasteiger partial charge >= 0.3 is 6.18 Å². The first kappa shape index (κ1) is 22.8. The molecule has 0 radical (unpaired) electrons. The maximum Gasteiger partial charge on any atom is 0.433 e. The van der Waals surface area contributed by atoms with Crippen LogP contribution in [-0.4, -0.2) is 65.3 Å². The summed E-state index contributed by atoms with van der Waals surface area (Å²) in [6, 6.07) is 10.4. The molecule has 2 atom stereocenters. The fourth-order valence-corrected chi connectivity index (χ4v) is 4.35. The molecular weight excluding hydrogens is 445 g/mol. The highest BCUT2D eigenvalue weighted by Crippen LogP contribution is 2.30. The number of likely N-dealkylation sites (tertiary alicyclic amines) is 1. The number of halogens is 4. The number of nitrogens with zero attached hydrogens (tertiary/aromatic N) is 3. The Kier molecular flexibility index (Phi) is 6.60. The number of benzene rings is 1. The summed E-state index contributed by atoms with van der Waals surface area (Å²) in [6.07, 6.45) is -3.78. The molecule has 0 bridgehead atoms. The van der Waals surface area contributed by atoms with Gasteiger partial charge < -0.3 is 20.2 Å². The number of aromatic nitrogens is 1. The van der Waals surface area contributed by atoms with Gasteiger partial charge in [0.15, 0.2) is 0 Å². The topological polar surface area (TPSA) is 68.7 Å². The molecule has 2 saturated heterocycles. The number of β-amino-alcohol motifs (C(OH)–C–C–N with tert-alkyl or cyclic N) is 1. The van der Waals surface area contributed by atoms with Gasteiger partial charge in [0.05, 0.1) is 12.1 Å². The second-order valence-corrected chi connectivity index (χ2v) is 8.63. The van der Waals surface area contributed by atoms with Gasteiger partial charge in [-0.25, -0.2) is 4.98 Å². The molecule has 1 aromatic heterocycles. The lowest BCUT2D eigenvalue weighted by Crippen LogP contribution is -2.50. The van der Waals surface area contributed by atoms with Crippen LogP contribution in [0.4, 0.5) is 19.0 Å². The molecular formula is C22H24ClF3N4O2. The second-order valence-electron chi connectivity index (χ2n) is 8.20. The minimum absolute atomic E-state index is 0.0391. The highest BCUT2D eigenvalue weighted by Gasteiger charge is 2.37. The lowest BCUT2D eigenvalue weighted by molar-refractivity contribution is -0.141. The number of aliphatic hydroxyl groups excluding tert-OH is 1. The zero-order chi connectivity index (χ0) is 22.9. The minimum atomic E-state index is -4.51. The Morgan fingerprint density at radius 3 is 2.44 bits per heavy atom. The Morgan fingerprint density at radius 1 is 1.09 bits per heavy atom. The number of aliphatic hydroxyl groups is 1. The van der Waals surface area contributed by atoms with Crippen LogP contribution in [-0.2, 0) is 6.18 Å². The largest absolute Gasteiger partial charge is 0.433 e. The third-order valence-electron chi connectivity index (χ3n) is 5.96. The summed E-state index contributed by atoms with van der Waals surface area (Å²) in [7, 11) is 0. The number of rotatable bonds is 4. The van der Waals surface area contributed by atoms with Gasteiger partial charge in [0.1, 0.15) is 11.5 Å². The van der Waals surface area contributed by atoms with Crippen molar-refractivity contribution < 1.29 is 23.1 Å². The zero-order valence-electron chi connectivity index (χ0n) is 17.2. The molecule has 1 amide bonds. The van der Waals surface area contributed by atoms with E-state index in [9.17, 15) is 23.1 Å². The third kappa shape index (κ3) is 5.16. The summed E-state index contributed by atoms with van der Waals surface area (Å²) in [4.78, 5) is 19.8. The standard InChI is InChI=1S/C22H24ClF3N4O2/c23-15-6-4-14(5-7-15)21(32)29-10-8-16(9-11-29)27-17-12-30(13-18(17)31)20-3-1-2-19(28-20)22(24,25)26/h1-7,16-18,27,31H,8-13H2/t17-,18-/m0/s1. The van der Waals surface area contributed by atoms with E-state index in [-0.39, 0.29) is 30.4 Å². The van der Waals surface area contributed by atoms with E-state index in [1.54, 1.807) is 34.1 Å². The lowest BCUT2D eigenvalue weighted by Gasteiger charge is -2.34. The number of nitrogens with one attached hydrogen (secondary N) is 1. The van der Waals surface area contributed by atoms with E-state index in [0.717, 1.165) is 18.9 Å². The van der Waals surface area contributed by atoms with Crippen LogP contribution >= 0.6 is 11.6 Å². The van der Waals surface area contributed by atoms with Gasteiger partial charge in [-0.05, 0) is 49.2 Å². The number of piperidine rings is 1. The smallest absolute Gasteiger partial charge is 0.390 e. The molecule has 0 spiro atoms. The molecule has 6 nitrogen and oxygen atoms in total. The number of carbonyl (C=O) groups excluding carboxylic acids is 1. The first-order valence-corrected chi connectivity index (χ1v) is 10.9. The Hall–Kier alpha value is -2.36. The van der Waals surface area contributed by atoms with Crippen LogP contribution in [0.5, 0.6) is 0 Å². The lowest BCUT2D eigenvalue weighted by atomic mass is 10.0. The molecule has 2 aliphatic heterocycles. The van der Waals surface area contributed by atoms with Crippen LogP contribution in [0.15, 0.2) is 42.5 Å². The van der Waals surface area contributed by atoms with Crippen LogP contribution in [0.2, 0.25) is 5.02 Å². The number of hydrogen-bond acceptors (Lipinski definition) is 5.